The highest BCUT2D eigenvalue weighted by Crippen LogP contribution is 2.35. The molecule has 3 aromatic rings. The molecule has 2 heterocycles. The van der Waals surface area contributed by atoms with Crippen LogP contribution in [0.15, 0.2) is 65.7 Å². The fraction of sp³-hybridized carbons (Fsp3) is 0.269. The number of carbonyl (C=O) groups excluding carboxylic acids is 1. The molecule has 1 aliphatic heterocycles. The summed E-state index contributed by atoms with van der Waals surface area (Å²) in [6.07, 6.45) is 6.76. The van der Waals surface area contributed by atoms with Gasteiger partial charge in [0.2, 0.25) is 0 Å². The number of ether oxygens (including phenoxy) is 1. The Morgan fingerprint density at radius 3 is 2.67 bits per heavy atom. The smallest absolute Gasteiger partial charge is 0.266 e. The molecule has 170 valence electrons. The molecule has 0 spiro atoms. The zero-order chi connectivity index (χ0) is 23.2. The first-order valence-electron chi connectivity index (χ1n) is 11.2. The first-order valence-corrected chi connectivity index (χ1v) is 12.5. The average Bonchev–Trinajstić information content (AvgIpc) is 3.38. The fourth-order valence-electron chi connectivity index (χ4n) is 3.53. The number of thioether (sulfide) groups is 1. The van der Waals surface area contributed by atoms with Crippen LogP contribution in [0.5, 0.6) is 5.75 Å². The molecule has 1 fully saturated rings. The summed E-state index contributed by atoms with van der Waals surface area (Å²) < 4.78 is 8.30. The predicted octanol–water partition coefficient (Wildman–Crippen LogP) is 6.33. The molecule has 0 atom stereocenters. The van der Waals surface area contributed by atoms with E-state index in [1.165, 1.54) is 11.8 Å². The van der Waals surface area contributed by atoms with Gasteiger partial charge in [0.05, 0.1) is 17.2 Å². The van der Waals surface area contributed by atoms with Crippen LogP contribution in [-0.2, 0) is 4.79 Å². The van der Waals surface area contributed by atoms with E-state index >= 15 is 0 Å². The standard InChI is InChI=1S/C26H27N3O2S2/c1-3-5-14-28-25(30)23(33-26(28)32)17-20-18-29(21-11-7-6-8-12-21)27-24(20)19-10-9-13-22(16-19)31-15-4-2/h6-13,16-18H,3-5,14-15H2,1-2H3/b23-17-. The second-order valence-corrected chi connectivity index (χ2v) is 9.45. The molecule has 1 aliphatic rings. The second kappa shape index (κ2) is 10.8. The second-order valence-electron chi connectivity index (χ2n) is 7.78. The van der Waals surface area contributed by atoms with Crippen molar-refractivity contribution < 1.29 is 9.53 Å². The Morgan fingerprint density at radius 1 is 1.09 bits per heavy atom. The van der Waals surface area contributed by atoms with Gasteiger partial charge in [-0.1, -0.05) is 74.6 Å². The van der Waals surface area contributed by atoms with Gasteiger partial charge >= 0.3 is 0 Å². The molecule has 0 radical (unpaired) electrons. The number of benzene rings is 2. The number of nitrogens with zero attached hydrogens (tertiary/aromatic N) is 3. The van der Waals surface area contributed by atoms with Gasteiger partial charge in [-0.05, 0) is 43.2 Å². The molecule has 2 aromatic carbocycles. The van der Waals surface area contributed by atoms with Crippen LogP contribution in [0.2, 0.25) is 0 Å². The van der Waals surface area contributed by atoms with Crippen molar-refractivity contribution in [2.24, 2.45) is 0 Å². The highest BCUT2D eigenvalue weighted by Gasteiger charge is 2.31. The number of para-hydroxylation sites is 1. The summed E-state index contributed by atoms with van der Waals surface area (Å²) >= 11 is 6.84. The Kier molecular flexibility index (Phi) is 7.62. The van der Waals surface area contributed by atoms with E-state index in [4.69, 9.17) is 22.1 Å². The summed E-state index contributed by atoms with van der Waals surface area (Å²) in [6.45, 7) is 5.51. The molecular weight excluding hydrogens is 450 g/mol. The number of unbranched alkanes of at least 4 members (excludes halogenated alkanes) is 1. The van der Waals surface area contributed by atoms with Gasteiger partial charge in [0.25, 0.3) is 5.91 Å². The number of carbonyl (C=O) groups is 1. The van der Waals surface area contributed by atoms with Crippen molar-refractivity contribution in [1.82, 2.24) is 14.7 Å². The monoisotopic (exact) mass is 477 g/mol. The van der Waals surface area contributed by atoms with Gasteiger partial charge in [0, 0.05) is 23.9 Å². The molecule has 0 saturated carbocycles. The van der Waals surface area contributed by atoms with Crippen LogP contribution in [0.25, 0.3) is 23.0 Å². The molecule has 4 rings (SSSR count). The third-order valence-corrected chi connectivity index (χ3v) is 6.62. The average molecular weight is 478 g/mol. The van der Waals surface area contributed by atoms with E-state index in [1.54, 1.807) is 4.90 Å². The van der Waals surface area contributed by atoms with Gasteiger partial charge < -0.3 is 4.74 Å². The van der Waals surface area contributed by atoms with Crippen LogP contribution in [0.3, 0.4) is 0 Å². The first-order chi connectivity index (χ1) is 16.1. The number of rotatable bonds is 9. The lowest BCUT2D eigenvalue weighted by Gasteiger charge is -2.13. The van der Waals surface area contributed by atoms with Crippen molar-refractivity contribution >= 4 is 40.3 Å². The van der Waals surface area contributed by atoms with E-state index in [0.717, 1.165) is 47.5 Å². The van der Waals surface area contributed by atoms with E-state index in [-0.39, 0.29) is 5.91 Å². The van der Waals surface area contributed by atoms with Crippen LogP contribution < -0.4 is 4.74 Å². The maximum Gasteiger partial charge on any atom is 0.266 e. The molecule has 1 aromatic heterocycles. The number of aromatic nitrogens is 2. The van der Waals surface area contributed by atoms with Gasteiger partial charge in [-0.3, -0.25) is 9.69 Å². The Hall–Kier alpha value is -2.90. The summed E-state index contributed by atoms with van der Waals surface area (Å²) in [5.41, 5.74) is 3.54. The molecular formula is C26H27N3O2S2. The molecule has 0 bridgehead atoms. The van der Waals surface area contributed by atoms with E-state index < -0.39 is 0 Å². The normalized spacial score (nSPS) is 15.0. The molecule has 7 heteroatoms. The van der Waals surface area contributed by atoms with Gasteiger partial charge in [0.1, 0.15) is 15.8 Å². The Morgan fingerprint density at radius 2 is 1.91 bits per heavy atom. The van der Waals surface area contributed by atoms with E-state index in [0.29, 0.717) is 22.4 Å². The maximum atomic E-state index is 13.0. The molecule has 1 amide bonds. The van der Waals surface area contributed by atoms with Crippen LogP contribution in [-0.4, -0.2) is 38.1 Å². The SMILES string of the molecule is CCCCN1C(=O)/C(=C/c2cn(-c3ccccc3)nc2-c2cccc(OCCC)c2)SC1=S. The van der Waals surface area contributed by atoms with Crippen LogP contribution in [0, 0.1) is 0 Å². The van der Waals surface area contributed by atoms with Gasteiger partial charge in [0.15, 0.2) is 0 Å². The number of hydrogen-bond donors (Lipinski definition) is 0. The van der Waals surface area contributed by atoms with Gasteiger partial charge in [-0.15, -0.1) is 0 Å². The van der Waals surface area contributed by atoms with Crippen molar-refractivity contribution in [3.8, 4) is 22.7 Å². The molecule has 0 unspecified atom stereocenters. The van der Waals surface area contributed by atoms with E-state index in [1.807, 2.05) is 71.6 Å². The molecule has 33 heavy (non-hydrogen) atoms. The van der Waals surface area contributed by atoms with Crippen molar-refractivity contribution in [2.75, 3.05) is 13.2 Å². The molecule has 5 nitrogen and oxygen atoms in total. The number of hydrogen-bond acceptors (Lipinski definition) is 5. The summed E-state index contributed by atoms with van der Waals surface area (Å²) in [6, 6.07) is 17.9. The fourth-order valence-corrected chi connectivity index (χ4v) is 4.83. The highest BCUT2D eigenvalue weighted by atomic mass is 32.2. The molecule has 1 saturated heterocycles. The van der Waals surface area contributed by atoms with Crippen molar-refractivity contribution in [3.05, 3.63) is 71.3 Å². The van der Waals surface area contributed by atoms with Crippen LogP contribution >= 0.6 is 24.0 Å². The lowest BCUT2D eigenvalue weighted by Crippen LogP contribution is -2.28. The van der Waals surface area contributed by atoms with Gasteiger partial charge in [-0.25, -0.2) is 4.68 Å². The summed E-state index contributed by atoms with van der Waals surface area (Å²) in [4.78, 5) is 15.4. The lowest BCUT2D eigenvalue weighted by atomic mass is 10.1. The van der Waals surface area contributed by atoms with E-state index in [9.17, 15) is 4.79 Å². The Bertz CT molecular complexity index is 1170. The number of thiocarbonyl (C=S) groups is 1. The minimum Gasteiger partial charge on any atom is -0.494 e. The van der Waals surface area contributed by atoms with Crippen molar-refractivity contribution in [1.29, 1.82) is 0 Å². The van der Waals surface area contributed by atoms with E-state index in [2.05, 4.69) is 13.8 Å². The highest BCUT2D eigenvalue weighted by molar-refractivity contribution is 8.26. The summed E-state index contributed by atoms with van der Waals surface area (Å²) in [7, 11) is 0. The van der Waals surface area contributed by atoms with Crippen LogP contribution in [0.1, 0.15) is 38.7 Å². The third kappa shape index (κ3) is 5.37. The number of amides is 1. The third-order valence-electron chi connectivity index (χ3n) is 5.24. The van der Waals surface area contributed by atoms with Crippen molar-refractivity contribution in [3.63, 3.8) is 0 Å². The van der Waals surface area contributed by atoms with Crippen LogP contribution in [0.4, 0.5) is 0 Å². The largest absolute Gasteiger partial charge is 0.494 e. The van der Waals surface area contributed by atoms with Gasteiger partial charge in [-0.2, -0.15) is 5.10 Å². The summed E-state index contributed by atoms with van der Waals surface area (Å²) in [5.74, 6) is 0.775. The first kappa shape index (κ1) is 23.3. The molecule has 0 aliphatic carbocycles. The molecule has 0 N–H and O–H groups in total. The Balaban J connectivity index is 1.74. The summed E-state index contributed by atoms with van der Waals surface area (Å²) in [5, 5.41) is 4.88. The minimum atomic E-state index is -0.0307. The quantitative estimate of drug-likeness (QED) is 0.266. The minimum absolute atomic E-state index is 0.0307. The predicted molar refractivity (Wildman–Crippen MR) is 140 cm³/mol. The maximum absolute atomic E-state index is 13.0. The zero-order valence-electron chi connectivity index (χ0n) is 18.9. The zero-order valence-corrected chi connectivity index (χ0v) is 20.5. The Labute approximate surface area is 204 Å². The van der Waals surface area contributed by atoms with Crippen molar-refractivity contribution in [2.45, 2.75) is 33.1 Å². The topological polar surface area (TPSA) is 47.4 Å². The lowest BCUT2D eigenvalue weighted by molar-refractivity contribution is -0.122.